The zero-order valence-electron chi connectivity index (χ0n) is 12.5. The summed E-state index contributed by atoms with van der Waals surface area (Å²) in [6, 6.07) is 7.76. The van der Waals surface area contributed by atoms with Gasteiger partial charge in [0.1, 0.15) is 6.61 Å². The Morgan fingerprint density at radius 1 is 1.20 bits per heavy atom. The first-order chi connectivity index (χ1) is 9.40. The highest BCUT2D eigenvalue weighted by Crippen LogP contribution is 2.13. The topological polar surface area (TPSA) is 41.6 Å². The number of nitrogens with zero attached hydrogens (tertiary/aromatic N) is 1. The van der Waals surface area contributed by atoms with Crippen LogP contribution in [0.15, 0.2) is 24.3 Å². The van der Waals surface area contributed by atoms with Crippen molar-refractivity contribution in [3.8, 4) is 0 Å². The zero-order valence-corrected chi connectivity index (χ0v) is 13.3. The highest BCUT2D eigenvalue weighted by molar-refractivity contribution is 6.30. The molecule has 0 saturated carbocycles. The Labute approximate surface area is 126 Å². The summed E-state index contributed by atoms with van der Waals surface area (Å²) in [5, 5.41) is 3.30. The van der Waals surface area contributed by atoms with Crippen molar-refractivity contribution >= 4 is 23.4 Å². The number of hydrogen-bond donors (Lipinski definition) is 1. The van der Waals surface area contributed by atoms with Gasteiger partial charge in [-0.3, -0.25) is 10.2 Å². The average molecular weight is 299 g/mol. The summed E-state index contributed by atoms with van der Waals surface area (Å²) < 4.78 is 5.18. The van der Waals surface area contributed by atoms with Crippen LogP contribution in [0.5, 0.6) is 0 Å². The quantitative estimate of drug-likeness (QED) is 0.863. The maximum absolute atomic E-state index is 11.6. The van der Waals surface area contributed by atoms with E-state index in [1.165, 1.54) is 0 Å². The molecule has 1 rings (SSSR count). The van der Waals surface area contributed by atoms with Gasteiger partial charge in [0.15, 0.2) is 0 Å². The fourth-order valence-corrected chi connectivity index (χ4v) is 2.17. The average Bonchev–Trinajstić information content (AvgIpc) is 2.36. The van der Waals surface area contributed by atoms with Gasteiger partial charge >= 0.3 is 6.09 Å². The van der Waals surface area contributed by atoms with Crippen LogP contribution in [0, 0.1) is 0 Å². The molecule has 0 aliphatic carbocycles. The maximum Gasteiger partial charge on any atom is 0.411 e. The molecule has 1 aromatic rings. The predicted molar refractivity (Wildman–Crippen MR) is 83.4 cm³/mol. The lowest BCUT2D eigenvalue weighted by atomic mass is 10.2. The number of ether oxygens (including phenoxy) is 1. The number of halogens is 1. The van der Waals surface area contributed by atoms with Crippen LogP contribution in [-0.4, -0.2) is 36.2 Å². The molecule has 1 N–H and O–H groups in total. The van der Waals surface area contributed by atoms with E-state index < -0.39 is 6.09 Å². The summed E-state index contributed by atoms with van der Waals surface area (Å²) in [5.74, 6) is 0. The van der Waals surface area contributed by atoms with Crippen molar-refractivity contribution < 1.29 is 9.53 Å². The first-order valence-corrected chi connectivity index (χ1v) is 7.23. The molecule has 1 aromatic carbocycles. The van der Waals surface area contributed by atoms with Gasteiger partial charge in [0.2, 0.25) is 0 Å². The molecule has 0 fully saturated rings. The molecule has 0 aliphatic heterocycles. The molecule has 112 valence electrons. The van der Waals surface area contributed by atoms with E-state index in [1.54, 1.807) is 24.3 Å². The first kappa shape index (κ1) is 16.8. The van der Waals surface area contributed by atoms with Crippen LogP contribution in [0.25, 0.3) is 0 Å². The Balaban J connectivity index is 2.34. The molecular formula is C15H23ClN2O2. The van der Waals surface area contributed by atoms with E-state index >= 15 is 0 Å². The third-order valence-electron chi connectivity index (χ3n) is 3.00. The fraction of sp³-hybridized carbons (Fsp3) is 0.533. The molecule has 20 heavy (non-hydrogen) atoms. The molecule has 1 amide bonds. The normalized spacial score (nSPS) is 11.2. The highest BCUT2D eigenvalue weighted by atomic mass is 35.5. The Morgan fingerprint density at radius 2 is 1.75 bits per heavy atom. The van der Waals surface area contributed by atoms with Crippen LogP contribution in [-0.2, 0) is 4.74 Å². The smallest absolute Gasteiger partial charge is 0.411 e. The van der Waals surface area contributed by atoms with Crippen molar-refractivity contribution in [2.75, 3.05) is 18.5 Å². The van der Waals surface area contributed by atoms with E-state index in [0.717, 1.165) is 6.54 Å². The molecule has 0 radical (unpaired) electrons. The zero-order chi connectivity index (χ0) is 15.1. The molecule has 0 heterocycles. The van der Waals surface area contributed by atoms with Gasteiger partial charge in [0.25, 0.3) is 0 Å². The molecule has 0 bridgehead atoms. The molecule has 0 saturated heterocycles. The first-order valence-electron chi connectivity index (χ1n) is 6.85. The largest absolute Gasteiger partial charge is 0.448 e. The second-order valence-corrected chi connectivity index (χ2v) is 5.63. The third kappa shape index (κ3) is 5.80. The monoisotopic (exact) mass is 298 g/mol. The fourth-order valence-electron chi connectivity index (χ4n) is 2.04. The minimum Gasteiger partial charge on any atom is -0.448 e. The van der Waals surface area contributed by atoms with Gasteiger partial charge in [-0.25, -0.2) is 4.79 Å². The summed E-state index contributed by atoms with van der Waals surface area (Å²) in [4.78, 5) is 13.9. The molecule has 5 heteroatoms. The second-order valence-electron chi connectivity index (χ2n) is 5.19. The predicted octanol–water partition coefficient (Wildman–Crippen LogP) is 4.01. The summed E-state index contributed by atoms with van der Waals surface area (Å²) >= 11 is 5.78. The number of benzene rings is 1. The van der Waals surface area contributed by atoms with Crippen molar-refractivity contribution in [2.24, 2.45) is 0 Å². The standard InChI is InChI=1S/C15H23ClN2O2/c1-11(2)18(12(3)4)9-10-20-15(19)17-14-7-5-13(16)6-8-14/h5-8,11-12H,9-10H2,1-4H3,(H,17,19). The molecule has 4 nitrogen and oxygen atoms in total. The molecule has 0 spiro atoms. The maximum atomic E-state index is 11.6. The minimum absolute atomic E-state index is 0.371. The Kier molecular flexibility index (Phi) is 6.82. The lowest BCUT2D eigenvalue weighted by Gasteiger charge is -2.30. The number of amides is 1. The summed E-state index contributed by atoms with van der Waals surface area (Å²) in [5.41, 5.74) is 0.670. The minimum atomic E-state index is -0.445. The molecule has 0 aliphatic rings. The van der Waals surface area contributed by atoms with Gasteiger partial charge in [0.05, 0.1) is 0 Å². The number of carbonyl (C=O) groups is 1. The summed E-state index contributed by atoms with van der Waals surface area (Å²) in [6.07, 6.45) is -0.445. The number of nitrogens with one attached hydrogen (secondary N) is 1. The van der Waals surface area contributed by atoms with Gasteiger partial charge in [-0.1, -0.05) is 11.6 Å². The Hall–Kier alpha value is -1.26. The number of carbonyl (C=O) groups excluding carboxylic acids is 1. The van der Waals surface area contributed by atoms with Crippen LogP contribution in [0.3, 0.4) is 0 Å². The third-order valence-corrected chi connectivity index (χ3v) is 3.25. The van der Waals surface area contributed by atoms with Crippen molar-refractivity contribution in [3.05, 3.63) is 29.3 Å². The molecule has 0 unspecified atom stereocenters. The summed E-state index contributed by atoms with van der Waals surface area (Å²) in [7, 11) is 0. The van der Waals surface area contributed by atoms with E-state index in [1.807, 2.05) is 0 Å². The van der Waals surface area contributed by atoms with E-state index in [4.69, 9.17) is 16.3 Å². The number of anilines is 1. The van der Waals surface area contributed by atoms with E-state index in [2.05, 4.69) is 37.9 Å². The van der Waals surface area contributed by atoms with Crippen LogP contribution < -0.4 is 5.32 Å². The lowest BCUT2D eigenvalue weighted by Crippen LogP contribution is -2.39. The van der Waals surface area contributed by atoms with Gasteiger partial charge in [-0.15, -0.1) is 0 Å². The van der Waals surface area contributed by atoms with E-state index in [-0.39, 0.29) is 0 Å². The van der Waals surface area contributed by atoms with Crippen LogP contribution >= 0.6 is 11.6 Å². The van der Waals surface area contributed by atoms with Crippen LogP contribution in [0.1, 0.15) is 27.7 Å². The SMILES string of the molecule is CC(C)N(CCOC(=O)Nc1ccc(Cl)cc1)C(C)C. The van der Waals surface area contributed by atoms with Crippen molar-refractivity contribution in [3.63, 3.8) is 0 Å². The molecule has 0 aromatic heterocycles. The summed E-state index contributed by atoms with van der Waals surface area (Å²) in [6.45, 7) is 9.63. The van der Waals surface area contributed by atoms with Crippen molar-refractivity contribution in [2.45, 2.75) is 39.8 Å². The second kappa shape index (κ2) is 8.12. The van der Waals surface area contributed by atoms with Crippen LogP contribution in [0.4, 0.5) is 10.5 Å². The van der Waals surface area contributed by atoms with Gasteiger partial charge in [0, 0.05) is 29.3 Å². The van der Waals surface area contributed by atoms with E-state index in [9.17, 15) is 4.79 Å². The highest BCUT2D eigenvalue weighted by Gasteiger charge is 2.13. The number of rotatable bonds is 6. The number of hydrogen-bond acceptors (Lipinski definition) is 3. The van der Waals surface area contributed by atoms with Crippen molar-refractivity contribution in [1.82, 2.24) is 4.90 Å². The van der Waals surface area contributed by atoms with Gasteiger partial charge in [-0.2, -0.15) is 0 Å². The lowest BCUT2D eigenvalue weighted by molar-refractivity contribution is 0.111. The van der Waals surface area contributed by atoms with Gasteiger partial charge in [-0.05, 0) is 52.0 Å². The van der Waals surface area contributed by atoms with Gasteiger partial charge < -0.3 is 4.74 Å². The Morgan fingerprint density at radius 3 is 2.25 bits per heavy atom. The van der Waals surface area contributed by atoms with E-state index in [0.29, 0.717) is 29.4 Å². The molecule has 0 atom stereocenters. The molecular weight excluding hydrogens is 276 g/mol. The Bertz CT molecular complexity index is 410. The van der Waals surface area contributed by atoms with Crippen LogP contribution in [0.2, 0.25) is 5.02 Å². The van der Waals surface area contributed by atoms with Crippen molar-refractivity contribution in [1.29, 1.82) is 0 Å².